The molecule has 3 aliphatic rings. The zero-order valence-electron chi connectivity index (χ0n) is 15.9. The van der Waals surface area contributed by atoms with E-state index in [1.165, 1.54) is 25.7 Å². The summed E-state index contributed by atoms with van der Waals surface area (Å²) in [4.78, 5) is 30.7. The van der Waals surface area contributed by atoms with Gasteiger partial charge in [-0.25, -0.2) is 0 Å². The first-order chi connectivity index (χ1) is 13.2. The Labute approximate surface area is 166 Å². The molecule has 0 N–H and O–H groups in total. The summed E-state index contributed by atoms with van der Waals surface area (Å²) in [5, 5.41) is 0. The number of hydrogen-bond acceptors (Lipinski definition) is 6. The van der Waals surface area contributed by atoms with Crippen molar-refractivity contribution in [2.24, 2.45) is 0 Å². The van der Waals surface area contributed by atoms with Crippen molar-refractivity contribution in [3.63, 3.8) is 0 Å². The lowest BCUT2D eigenvalue weighted by Gasteiger charge is -2.26. The van der Waals surface area contributed by atoms with Gasteiger partial charge >= 0.3 is 0 Å². The molecule has 1 amide bonds. The fourth-order valence-corrected chi connectivity index (χ4v) is 4.39. The van der Waals surface area contributed by atoms with Gasteiger partial charge in [0, 0.05) is 58.4 Å². The molecule has 148 valence electrons. The molecule has 3 fully saturated rings. The molecular weight excluding hydrogens is 364 g/mol. The summed E-state index contributed by atoms with van der Waals surface area (Å²) in [5.41, 5.74) is 0. The van der Waals surface area contributed by atoms with Gasteiger partial charge < -0.3 is 19.6 Å². The second kappa shape index (κ2) is 8.50. The number of rotatable bonds is 4. The van der Waals surface area contributed by atoms with Gasteiger partial charge in [-0.3, -0.25) is 4.79 Å². The van der Waals surface area contributed by atoms with Crippen LogP contribution in [0.5, 0.6) is 0 Å². The van der Waals surface area contributed by atoms with Crippen molar-refractivity contribution in [1.29, 1.82) is 0 Å². The van der Waals surface area contributed by atoms with Gasteiger partial charge in [-0.1, -0.05) is 0 Å². The number of halogens is 1. The van der Waals surface area contributed by atoms with Crippen molar-refractivity contribution in [3.05, 3.63) is 6.07 Å². The largest absolute Gasteiger partial charge is 0.356 e. The second-order valence-electron chi connectivity index (χ2n) is 7.63. The lowest BCUT2D eigenvalue weighted by Crippen LogP contribution is -2.36. The fourth-order valence-electron chi connectivity index (χ4n) is 4.22. The average molecular weight is 393 g/mol. The molecule has 0 aliphatic carbocycles. The number of aromatic nitrogens is 2. The standard InChI is InChI=1S/C19H29ClN6O/c20-15-18(27)25-11-5-10-24(12-13-25)17-14-16(23-6-1-2-7-23)21-19(22-17)26-8-3-4-9-26/h14H,1-13,15H2. The van der Waals surface area contributed by atoms with Crippen LogP contribution < -0.4 is 14.7 Å². The third-order valence-corrected chi connectivity index (χ3v) is 6.02. The summed E-state index contributed by atoms with van der Waals surface area (Å²) in [6.45, 7) is 7.41. The van der Waals surface area contributed by atoms with E-state index in [4.69, 9.17) is 21.6 Å². The summed E-state index contributed by atoms with van der Waals surface area (Å²) < 4.78 is 0. The summed E-state index contributed by atoms with van der Waals surface area (Å²) >= 11 is 5.74. The Morgan fingerprint density at radius 2 is 1.33 bits per heavy atom. The van der Waals surface area contributed by atoms with E-state index in [-0.39, 0.29) is 11.8 Å². The summed E-state index contributed by atoms with van der Waals surface area (Å²) in [6.07, 6.45) is 5.83. The molecule has 0 aromatic carbocycles. The van der Waals surface area contributed by atoms with Crippen molar-refractivity contribution >= 4 is 35.1 Å². The molecule has 3 aliphatic heterocycles. The summed E-state index contributed by atoms with van der Waals surface area (Å²) in [6, 6.07) is 2.14. The molecule has 0 bridgehead atoms. The van der Waals surface area contributed by atoms with Gasteiger partial charge in [0.2, 0.25) is 11.9 Å². The number of carbonyl (C=O) groups excluding carboxylic acids is 1. The van der Waals surface area contributed by atoms with Crippen LogP contribution in [-0.2, 0) is 4.79 Å². The van der Waals surface area contributed by atoms with Crippen LogP contribution in [0.3, 0.4) is 0 Å². The van der Waals surface area contributed by atoms with Crippen LogP contribution in [0.1, 0.15) is 32.1 Å². The lowest BCUT2D eigenvalue weighted by molar-refractivity contribution is -0.128. The first-order valence-electron chi connectivity index (χ1n) is 10.2. The van der Waals surface area contributed by atoms with Crippen LogP contribution in [0.2, 0.25) is 0 Å². The molecule has 27 heavy (non-hydrogen) atoms. The molecule has 1 aromatic rings. The van der Waals surface area contributed by atoms with Gasteiger partial charge in [0.15, 0.2) is 0 Å². The highest BCUT2D eigenvalue weighted by molar-refractivity contribution is 6.27. The number of hydrogen-bond donors (Lipinski definition) is 0. The van der Waals surface area contributed by atoms with E-state index in [1.54, 1.807) is 0 Å². The number of anilines is 3. The third kappa shape index (κ3) is 4.23. The quantitative estimate of drug-likeness (QED) is 0.730. The molecule has 4 heterocycles. The molecule has 0 radical (unpaired) electrons. The maximum Gasteiger partial charge on any atom is 0.237 e. The normalized spacial score (nSPS) is 21.1. The van der Waals surface area contributed by atoms with Crippen LogP contribution in [0.4, 0.5) is 17.6 Å². The van der Waals surface area contributed by atoms with Crippen LogP contribution in [0.15, 0.2) is 6.07 Å². The van der Waals surface area contributed by atoms with Crippen molar-refractivity contribution in [3.8, 4) is 0 Å². The molecule has 0 saturated carbocycles. The van der Waals surface area contributed by atoms with Crippen LogP contribution in [0.25, 0.3) is 0 Å². The van der Waals surface area contributed by atoms with Gasteiger partial charge in [-0.2, -0.15) is 9.97 Å². The zero-order valence-corrected chi connectivity index (χ0v) is 16.7. The first kappa shape index (κ1) is 18.6. The highest BCUT2D eigenvalue weighted by atomic mass is 35.5. The van der Waals surface area contributed by atoms with Crippen molar-refractivity contribution < 1.29 is 4.79 Å². The van der Waals surface area contributed by atoms with Gasteiger partial charge in [0.25, 0.3) is 0 Å². The van der Waals surface area contributed by atoms with E-state index in [9.17, 15) is 4.79 Å². The van der Waals surface area contributed by atoms with E-state index >= 15 is 0 Å². The molecule has 0 unspecified atom stereocenters. The van der Waals surface area contributed by atoms with Crippen molar-refractivity contribution in [2.75, 3.05) is 72.9 Å². The minimum Gasteiger partial charge on any atom is -0.356 e. The van der Waals surface area contributed by atoms with E-state index < -0.39 is 0 Å². The van der Waals surface area contributed by atoms with Crippen LogP contribution in [-0.4, -0.2) is 79.0 Å². The average Bonchev–Trinajstić information content (AvgIpc) is 3.38. The predicted molar refractivity (Wildman–Crippen MR) is 109 cm³/mol. The predicted octanol–water partition coefficient (Wildman–Crippen LogP) is 1.95. The Bertz CT molecular complexity index is 625. The van der Waals surface area contributed by atoms with Crippen LogP contribution in [0, 0.1) is 0 Å². The molecule has 8 heteroatoms. The second-order valence-corrected chi connectivity index (χ2v) is 7.89. The van der Waals surface area contributed by atoms with Crippen molar-refractivity contribution in [2.45, 2.75) is 32.1 Å². The Balaban J connectivity index is 1.57. The summed E-state index contributed by atoms with van der Waals surface area (Å²) in [7, 11) is 0. The molecular formula is C19H29ClN6O. The molecule has 1 aromatic heterocycles. The Kier molecular flexibility index (Phi) is 5.86. The smallest absolute Gasteiger partial charge is 0.237 e. The van der Waals surface area contributed by atoms with Gasteiger partial charge in [-0.15, -0.1) is 11.6 Å². The van der Waals surface area contributed by atoms with E-state index in [1.807, 2.05) is 4.90 Å². The molecule has 0 atom stereocenters. The highest BCUT2D eigenvalue weighted by Crippen LogP contribution is 2.27. The molecule has 0 spiro atoms. The molecule has 3 saturated heterocycles. The maximum absolute atomic E-state index is 12.0. The van der Waals surface area contributed by atoms with Gasteiger partial charge in [-0.05, 0) is 32.1 Å². The SMILES string of the molecule is O=C(CCl)N1CCCN(c2cc(N3CCCC3)nc(N3CCCC3)n2)CC1. The topological polar surface area (TPSA) is 55.8 Å². The lowest BCUT2D eigenvalue weighted by atomic mass is 10.3. The number of carbonyl (C=O) groups is 1. The number of alkyl halides is 1. The summed E-state index contributed by atoms with van der Waals surface area (Å²) in [5.74, 6) is 3.00. The molecule has 4 rings (SSSR count). The minimum atomic E-state index is 0.0247. The monoisotopic (exact) mass is 392 g/mol. The zero-order chi connectivity index (χ0) is 18.6. The van der Waals surface area contributed by atoms with E-state index in [2.05, 4.69) is 20.8 Å². The minimum absolute atomic E-state index is 0.0247. The van der Waals surface area contributed by atoms with Crippen LogP contribution >= 0.6 is 11.6 Å². The Morgan fingerprint density at radius 1 is 0.778 bits per heavy atom. The molecule has 7 nitrogen and oxygen atoms in total. The number of amides is 1. The Hall–Kier alpha value is -1.76. The Morgan fingerprint density at radius 3 is 1.96 bits per heavy atom. The first-order valence-corrected chi connectivity index (χ1v) is 10.8. The fraction of sp³-hybridized carbons (Fsp3) is 0.737. The van der Waals surface area contributed by atoms with Crippen molar-refractivity contribution in [1.82, 2.24) is 14.9 Å². The highest BCUT2D eigenvalue weighted by Gasteiger charge is 2.24. The third-order valence-electron chi connectivity index (χ3n) is 5.79. The van der Waals surface area contributed by atoms with E-state index in [0.717, 1.165) is 69.8 Å². The van der Waals surface area contributed by atoms with E-state index in [0.29, 0.717) is 6.54 Å². The maximum atomic E-state index is 12.0. The van der Waals surface area contributed by atoms with Gasteiger partial charge in [0.05, 0.1) is 0 Å². The number of nitrogens with zero attached hydrogens (tertiary/aromatic N) is 6. The van der Waals surface area contributed by atoms with Gasteiger partial charge in [0.1, 0.15) is 17.5 Å².